The summed E-state index contributed by atoms with van der Waals surface area (Å²) >= 11 is 3.96. The molecule has 0 aromatic carbocycles. The fraction of sp³-hybridized carbons (Fsp3) is 0.200. The normalized spacial score (nSPS) is 9.56. The van der Waals surface area contributed by atoms with Crippen LogP contribution < -0.4 is 0 Å². The summed E-state index contributed by atoms with van der Waals surface area (Å²) in [4.78, 5) is 0. The van der Waals surface area contributed by atoms with E-state index in [1.54, 1.807) is 0 Å². The number of thiol groups is 1. The van der Waals surface area contributed by atoms with Crippen LogP contribution in [0.25, 0.3) is 0 Å². The molecule has 0 amide bonds. The molecule has 1 heterocycles. The van der Waals surface area contributed by atoms with Crippen molar-refractivity contribution in [2.45, 2.75) is 11.9 Å². The Kier molecular flexibility index (Phi) is 2.36. The van der Waals surface area contributed by atoms with E-state index in [0.29, 0.717) is 0 Å². The maximum absolute atomic E-state index is 3.96. The van der Waals surface area contributed by atoms with Gasteiger partial charge in [-0.1, -0.05) is 0 Å². The van der Waals surface area contributed by atoms with Crippen molar-refractivity contribution < 1.29 is 0 Å². The van der Waals surface area contributed by atoms with Crippen LogP contribution in [0.2, 0.25) is 0 Å². The highest BCUT2D eigenvalue weighted by Crippen LogP contribution is 2.16. The van der Waals surface area contributed by atoms with E-state index in [4.69, 9.17) is 0 Å². The molecule has 0 atom stereocenters. The maximum atomic E-state index is 3.96. The second kappa shape index (κ2) is 3.08. The Morgan fingerprint density at radius 2 is 2.22 bits per heavy atom. The predicted octanol–water partition coefficient (Wildman–Crippen LogP) is 1.72. The monoisotopic (exact) mass is 158 g/mol. The molecule has 1 rings (SSSR count). The molecule has 1 aromatic rings. The number of hydrogen-bond acceptors (Lipinski definition) is 4. The van der Waals surface area contributed by atoms with E-state index in [2.05, 4.69) is 21.9 Å². The van der Waals surface area contributed by atoms with Crippen LogP contribution in [0.3, 0.4) is 0 Å². The third-order valence-electron chi connectivity index (χ3n) is 0.867. The predicted molar refractivity (Wildman–Crippen MR) is 41.6 cm³/mol. The molecule has 0 fully saturated rings. The molecule has 0 bridgehead atoms. The molecule has 0 N–H and O–H groups in total. The third-order valence-corrected chi connectivity index (χ3v) is 1.83. The first-order valence-electron chi connectivity index (χ1n) is 2.44. The van der Waals surface area contributed by atoms with Gasteiger partial charge in [-0.2, -0.15) is 5.10 Å². The minimum Gasteiger partial charge on any atom is -0.155 e. The van der Waals surface area contributed by atoms with Gasteiger partial charge in [0.2, 0.25) is 0 Å². The quantitative estimate of drug-likeness (QED) is 0.498. The molecule has 0 unspecified atom stereocenters. The number of aromatic nitrogens is 2. The Hall–Kier alpha value is -0.220. The highest BCUT2D eigenvalue weighted by Gasteiger charge is 1.89. The molecule has 48 valence electrons. The minimum atomic E-state index is 0.837. The molecular weight excluding hydrogens is 152 g/mol. The summed E-state index contributed by atoms with van der Waals surface area (Å²) in [5.74, 6) is 0. The first kappa shape index (κ1) is 6.89. The smallest absolute Gasteiger partial charge is 0.129 e. The van der Waals surface area contributed by atoms with Gasteiger partial charge in [0.25, 0.3) is 0 Å². The average molecular weight is 158 g/mol. The van der Waals surface area contributed by atoms with E-state index in [1.807, 2.05) is 19.1 Å². The molecule has 0 spiro atoms. The van der Waals surface area contributed by atoms with Gasteiger partial charge in [-0.15, -0.1) is 16.8 Å². The van der Waals surface area contributed by atoms with Crippen LogP contribution in [-0.4, -0.2) is 10.2 Å². The highest BCUT2D eigenvalue weighted by molar-refractivity contribution is 8.68. The van der Waals surface area contributed by atoms with Crippen LogP contribution in [0.1, 0.15) is 5.69 Å². The topological polar surface area (TPSA) is 25.8 Å². The lowest BCUT2D eigenvalue weighted by Gasteiger charge is -1.90. The van der Waals surface area contributed by atoms with Crippen molar-refractivity contribution in [2.75, 3.05) is 0 Å². The van der Waals surface area contributed by atoms with Crippen LogP contribution >= 0.6 is 22.5 Å². The third kappa shape index (κ3) is 1.87. The summed E-state index contributed by atoms with van der Waals surface area (Å²) < 4.78 is 0. The van der Waals surface area contributed by atoms with Gasteiger partial charge in [0, 0.05) is 0 Å². The van der Waals surface area contributed by atoms with Gasteiger partial charge in [0.1, 0.15) is 5.03 Å². The lowest BCUT2D eigenvalue weighted by molar-refractivity contribution is 0.899. The Labute approximate surface area is 62.9 Å². The van der Waals surface area contributed by atoms with Crippen molar-refractivity contribution in [3.63, 3.8) is 0 Å². The molecule has 0 aliphatic rings. The van der Waals surface area contributed by atoms with Gasteiger partial charge in [-0.05, 0) is 29.9 Å². The molecule has 0 saturated carbocycles. The van der Waals surface area contributed by atoms with E-state index in [1.165, 1.54) is 10.8 Å². The number of aryl methyl sites for hydroxylation is 1. The van der Waals surface area contributed by atoms with Crippen LogP contribution in [0.15, 0.2) is 17.2 Å². The van der Waals surface area contributed by atoms with Gasteiger partial charge in [-0.3, -0.25) is 0 Å². The summed E-state index contributed by atoms with van der Waals surface area (Å²) in [5.41, 5.74) is 0.932. The molecule has 2 nitrogen and oxygen atoms in total. The van der Waals surface area contributed by atoms with Gasteiger partial charge >= 0.3 is 0 Å². The van der Waals surface area contributed by atoms with E-state index >= 15 is 0 Å². The minimum absolute atomic E-state index is 0.837. The first-order chi connectivity index (χ1) is 4.33. The average Bonchev–Trinajstić information content (AvgIpc) is 1.90. The summed E-state index contributed by atoms with van der Waals surface area (Å²) in [6, 6.07) is 3.80. The van der Waals surface area contributed by atoms with Crippen molar-refractivity contribution in [3.8, 4) is 0 Å². The molecule has 0 aliphatic carbocycles. The lowest BCUT2D eigenvalue weighted by atomic mass is 10.4. The second-order valence-corrected chi connectivity index (χ2v) is 2.75. The summed E-state index contributed by atoms with van der Waals surface area (Å²) in [6.45, 7) is 1.90. The first-order valence-corrected chi connectivity index (χ1v) is 4.31. The zero-order chi connectivity index (χ0) is 6.69. The lowest BCUT2D eigenvalue weighted by Crippen LogP contribution is -1.84. The van der Waals surface area contributed by atoms with Gasteiger partial charge < -0.3 is 0 Å². The van der Waals surface area contributed by atoms with E-state index in [0.717, 1.165) is 10.7 Å². The molecular formula is C5H6N2S2. The highest BCUT2D eigenvalue weighted by atomic mass is 33.1. The summed E-state index contributed by atoms with van der Waals surface area (Å²) in [5, 5.41) is 8.50. The van der Waals surface area contributed by atoms with Gasteiger partial charge in [0.05, 0.1) is 5.69 Å². The summed E-state index contributed by atoms with van der Waals surface area (Å²) in [7, 11) is 1.30. The molecule has 0 aliphatic heterocycles. The largest absolute Gasteiger partial charge is 0.155 e. The Balaban J connectivity index is 2.88. The van der Waals surface area contributed by atoms with Gasteiger partial charge in [-0.25, -0.2) is 0 Å². The second-order valence-electron chi connectivity index (χ2n) is 1.60. The van der Waals surface area contributed by atoms with Gasteiger partial charge in [0.15, 0.2) is 0 Å². The van der Waals surface area contributed by atoms with Crippen molar-refractivity contribution in [1.29, 1.82) is 0 Å². The zero-order valence-electron chi connectivity index (χ0n) is 4.90. The van der Waals surface area contributed by atoms with Crippen LogP contribution in [0.4, 0.5) is 0 Å². The molecule has 4 heteroatoms. The fourth-order valence-electron chi connectivity index (χ4n) is 0.435. The summed E-state index contributed by atoms with van der Waals surface area (Å²) in [6.07, 6.45) is 0. The molecule has 1 aromatic heterocycles. The number of hydrogen-bond donors (Lipinski definition) is 1. The molecule has 0 radical (unpaired) electrons. The standard InChI is InChI=1S/C5H6N2S2/c1-4-2-3-5(9-8)7-6-4/h2-3,8H,1H3. The Bertz CT molecular complexity index is 185. The van der Waals surface area contributed by atoms with Crippen molar-refractivity contribution in [2.24, 2.45) is 0 Å². The van der Waals surface area contributed by atoms with E-state index in [-0.39, 0.29) is 0 Å². The van der Waals surface area contributed by atoms with Crippen LogP contribution in [-0.2, 0) is 0 Å². The van der Waals surface area contributed by atoms with Crippen LogP contribution in [0.5, 0.6) is 0 Å². The van der Waals surface area contributed by atoms with Crippen molar-refractivity contribution in [3.05, 3.63) is 17.8 Å². The number of nitrogens with zero attached hydrogens (tertiary/aromatic N) is 2. The Morgan fingerprint density at radius 1 is 1.44 bits per heavy atom. The number of rotatable bonds is 1. The molecule has 0 saturated heterocycles. The van der Waals surface area contributed by atoms with Crippen LogP contribution in [0, 0.1) is 6.92 Å². The fourth-order valence-corrected chi connectivity index (χ4v) is 0.934. The van der Waals surface area contributed by atoms with Crippen molar-refractivity contribution >= 4 is 22.5 Å². The van der Waals surface area contributed by atoms with E-state index in [9.17, 15) is 0 Å². The molecule has 9 heavy (non-hydrogen) atoms. The Morgan fingerprint density at radius 3 is 2.67 bits per heavy atom. The SMILES string of the molecule is Cc1ccc(SS)nn1. The maximum Gasteiger partial charge on any atom is 0.129 e. The van der Waals surface area contributed by atoms with E-state index < -0.39 is 0 Å². The zero-order valence-corrected chi connectivity index (χ0v) is 6.62. The van der Waals surface area contributed by atoms with Crippen molar-refractivity contribution in [1.82, 2.24) is 10.2 Å².